The van der Waals surface area contributed by atoms with Crippen LogP contribution in [0.1, 0.15) is 18.4 Å². The van der Waals surface area contributed by atoms with Gasteiger partial charge in [-0.05, 0) is 40.9 Å². The number of hydrogen-bond acceptors (Lipinski definition) is 1. The summed E-state index contributed by atoms with van der Waals surface area (Å²) in [5.74, 6) is -4.21. The average Bonchev–Trinajstić information content (AvgIpc) is 3.03. The highest BCUT2D eigenvalue weighted by Gasteiger charge is 2.37. The molecular formula is C11H10BrF3O. The lowest BCUT2D eigenvalue weighted by Gasteiger charge is -2.17. The van der Waals surface area contributed by atoms with Crippen molar-refractivity contribution in [2.45, 2.75) is 24.9 Å². The topological polar surface area (TPSA) is 9.23 Å². The monoisotopic (exact) mass is 294 g/mol. The standard InChI is InChI=1S/C11H10BrF3O/c12-9-3-1-2-8(10(9)13)11(14,15)6-16-7-4-5-7/h1-3,7H,4-6H2. The molecule has 2 rings (SSSR count). The van der Waals surface area contributed by atoms with Gasteiger partial charge in [0.1, 0.15) is 12.4 Å². The van der Waals surface area contributed by atoms with Gasteiger partial charge in [0.15, 0.2) is 0 Å². The van der Waals surface area contributed by atoms with E-state index < -0.39 is 23.9 Å². The molecular weight excluding hydrogens is 285 g/mol. The second-order valence-corrected chi connectivity index (χ2v) is 4.67. The van der Waals surface area contributed by atoms with Crippen LogP contribution in [-0.2, 0) is 10.7 Å². The van der Waals surface area contributed by atoms with E-state index in [1.165, 1.54) is 12.1 Å². The second-order valence-electron chi connectivity index (χ2n) is 3.82. The highest BCUT2D eigenvalue weighted by atomic mass is 79.9. The van der Waals surface area contributed by atoms with E-state index in [1.54, 1.807) is 0 Å². The Morgan fingerprint density at radius 2 is 2.06 bits per heavy atom. The molecule has 88 valence electrons. The lowest BCUT2D eigenvalue weighted by molar-refractivity contribution is -0.0894. The Balaban J connectivity index is 2.16. The molecule has 1 fully saturated rings. The van der Waals surface area contributed by atoms with Gasteiger partial charge < -0.3 is 4.74 Å². The van der Waals surface area contributed by atoms with Gasteiger partial charge in [0.05, 0.1) is 16.1 Å². The van der Waals surface area contributed by atoms with E-state index in [2.05, 4.69) is 15.9 Å². The predicted octanol–water partition coefficient (Wildman–Crippen LogP) is 3.86. The van der Waals surface area contributed by atoms with Crippen LogP contribution in [0.2, 0.25) is 0 Å². The third-order valence-electron chi connectivity index (χ3n) is 2.37. The van der Waals surface area contributed by atoms with E-state index in [-0.39, 0.29) is 10.6 Å². The van der Waals surface area contributed by atoms with Crippen molar-refractivity contribution in [3.05, 3.63) is 34.1 Å². The molecule has 0 aliphatic heterocycles. The fraction of sp³-hybridized carbons (Fsp3) is 0.455. The normalized spacial score (nSPS) is 16.5. The molecule has 1 nitrogen and oxygen atoms in total. The highest BCUT2D eigenvalue weighted by molar-refractivity contribution is 9.10. The van der Waals surface area contributed by atoms with Gasteiger partial charge in [-0.3, -0.25) is 0 Å². The average molecular weight is 295 g/mol. The van der Waals surface area contributed by atoms with Crippen LogP contribution < -0.4 is 0 Å². The summed E-state index contributed by atoms with van der Waals surface area (Å²) in [7, 11) is 0. The zero-order valence-electron chi connectivity index (χ0n) is 8.35. The Bertz CT molecular complexity index is 391. The summed E-state index contributed by atoms with van der Waals surface area (Å²) in [6.45, 7) is -0.759. The third-order valence-corrected chi connectivity index (χ3v) is 2.98. The molecule has 0 unspecified atom stereocenters. The van der Waals surface area contributed by atoms with Crippen molar-refractivity contribution >= 4 is 15.9 Å². The summed E-state index contributed by atoms with van der Waals surface area (Å²) < 4.78 is 45.6. The van der Waals surface area contributed by atoms with Gasteiger partial charge >= 0.3 is 0 Å². The van der Waals surface area contributed by atoms with Gasteiger partial charge in [-0.2, -0.15) is 8.78 Å². The molecule has 0 radical (unpaired) electrons. The van der Waals surface area contributed by atoms with Crippen molar-refractivity contribution in [3.63, 3.8) is 0 Å². The smallest absolute Gasteiger partial charge is 0.298 e. The first-order chi connectivity index (χ1) is 7.50. The molecule has 1 saturated carbocycles. The first-order valence-electron chi connectivity index (χ1n) is 4.94. The Labute approximate surface area is 99.7 Å². The zero-order valence-corrected chi connectivity index (χ0v) is 9.94. The number of rotatable bonds is 4. The molecule has 1 aromatic carbocycles. The van der Waals surface area contributed by atoms with Crippen LogP contribution in [0.3, 0.4) is 0 Å². The molecule has 16 heavy (non-hydrogen) atoms. The second kappa shape index (κ2) is 4.37. The van der Waals surface area contributed by atoms with E-state index in [0.29, 0.717) is 0 Å². The van der Waals surface area contributed by atoms with Gasteiger partial charge in [-0.15, -0.1) is 0 Å². The van der Waals surface area contributed by atoms with Gasteiger partial charge in [0.2, 0.25) is 0 Å². The minimum absolute atomic E-state index is 0.0381. The van der Waals surface area contributed by atoms with E-state index in [1.807, 2.05) is 0 Å². The molecule has 0 N–H and O–H groups in total. The van der Waals surface area contributed by atoms with Crippen LogP contribution in [0.4, 0.5) is 13.2 Å². The number of ether oxygens (including phenoxy) is 1. The number of halogens is 4. The quantitative estimate of drug-likeness (QED) is 0.819. The molecule has 0 bridgehead atoms. The van der Waals surface area contributed by atoms with Crippen molar-refractivity contribution in [2.24, 2.45) is 0 Å². The first kappa shape index (κ1) is 11.9. The molecule has 0 saturated heterocycles. The molecule has 0 spiro atoms. The van der Waals surface area contributed by atoms with Crippen molar-refractivity contribution in [3.8, 4) is 0 Å². The molecule has 0 heterocycles. The fourth-order valence-electron chi connectivity index (χ4n) is 1.32. The number of hydrogen-bond donors (Lipinski definition) is 0. The molecule has 0 aromatic heterocycles. The largest absolute Gasteiger partial charge is 0.372 e. The third kappa shape index (κ3) is 2.58. The molecule has 1 aliphatic rings. The van der Waals surface area contributed by atoms with Gasteiger partial charge in [0, 0.05) is 0 Å². The molecule has 1 aliphatic carbocycles. The first-order valence-corrected chi connectivity index (χ1v) is 5.74. The summed E-state index contributed by atoms with van der Waals surface area (Å²) in [6.07, 6.45) is 1.56. The van der Waals surface area contributed by atoms with Crippen molar-refractivity contribution < 1.29 is 17.9 Å². The SMILES string of the molecule is Fc1c(Br)cccc1C(F)(F)COC1CC1. The zero-order chi connectivity index (χ0) is 11.8. The maximum Gasteiger partial charge on any atom is 0.298 e. The summed E-state index contributed by atoms with van der Waals surface area (Å²) in [4.78, 5) is 0. The van der Waals surface area contributed by atoms with Crippen LogP contribution in [0, 0.1) is 5.82 Å². The van der Waals surface area contributed by atoms with Crippen LogP contribution >= 0.6 is 15.9 Å². The Morgan fingerprint density at radius 3 is 2.69 bits per heavy atom. The van der Waals surface area contributed by atoms with Crippen LogP contribution in [-0.4, -0.2) is 12.7 Å². The molecule has 0 atom stereocenters. The number of alkyl halides is 2. The summed E-state index contributed by atoms with van der Waals surface area (Å²) >= 11 is 2.88. The van der Waals surface area contributed by atoms with Crippen molar-refractivity contribution in [1.82, 2.24) is 0 Å². The van der Waals surface area contributed by atoms with Gasteiger partial charge in [-0.1, -0.05) is 6.07 Å². The Morgan fingerprint density at radius 1 is 1.38 bits per heavy atom. The maximum atomic E-state index is 13.6. The minimum Gasteiger partial charge on any atom is -0.372 e. The highest BCUT2D eigenvalue weighted by Crippen LogP contribution is 2.35. The Hall–Kier alpha value is -0.550. The van der Waals surface area contributed by atoms with Crippen LogP contribution in [0.25, 0.3) is 0 Å². The maximum absolute atomic E-state index is 13.6. The predicted molar refractivity (Wildman–Crippen MR) is 57.0 cm³/mol. The summed E-state index contributed by atoms with van der Waals surface area (Å²) in [5.41, 5.74) is -0.623. The van der Waals surface area contributed by atoms with Gasteiger partial charge in [-0.25, -0.2) is 4.39 Å². The molecule has 0 amide bonds. The summed E-state index contributed by atoms with van der Waals surface area (Å²) in [5, 5.41) is 0. The van der Waals surface area contributed by atoms with Crippen molar-refractivity contribution in [2.75, 3.05) is 6.61 Å². The van der Waals surface area contributed by atoms with E-state index in [4.69, 9.17) is 4.74 Å². The molecule has 5 heteroatoms. The van der Waals surface area contributed by atoms with E-state index >= 15 is 0 Å². The molecule has 1 aromatic rings. The lowest BCUT2D eigenvalue weighted by atomic mass is 10.1. The van der Waals surface area contributed by atoms with Crippen molar-refractivity contribution in [1.29, 1.82) is 0 Å². The summed E-state index contributed by atoms with van der Waals surface area (Å²) in [6, 6.07) is 3.85. The Kier molecular flexibility index (Phi) is 3.26. The van der Waals surface area contributed by atoms with Gasteiger partial charge in [0.25, 0.3) is 5.92 Å². The number of benzene rings is 1. The van der Waals surface area contributed by atoms with E-state index in [0.717, 1.165) is 18.9 Å². The van der Waals surface area contributed by atoms with Crippen LogP contribution in [0.15, 0.2) is 22.7 Å². The van der Waals surface area contributed by atoms with Crippen LogP contribution in [0.5, 0.6) is 0 Å². The fourth-order valence-corrected chi connectivity index (χ4v) is 1.69. The lowest BCUT2D eigenvalue weighted by Crippen LogP contribution is -2.23. The van der Waals surface area contributed by atoms with E-state index in [9.17, 15) is 13.2 Å². The minimum atomic E-state index is -3.28.